The zero-order chi connectivity index (χ0) is 26.2. The van der Waals surface area contributed by atoms with Crippen LogP contribution in [0.2, 0.25) is 5.02 Å². The van der Waals surface area contributed by atoms with Crippen LogP contribution in [0.3, 0.4) is 0 Å². The van der Waals surface area contributed by atoms with Gasteiger partial charge in [-0.2, -0.15) is 17.9 Å². The Morgan fingerprint density at radius 3 is 2.31 bits per heavy atom. The Kier molecular flexibility index (Phi) is 7.04. The molecule has 4 rings (SSSR count). The molecule has 2 aromatic carbocycles. The Hall–Kier alpha value is -3.46. The molecule has 10 heteroatoms. The molecule has 5 nitrogen and oxygen atoms in total. The molecule has 1 saturated carbocycles. The van der Waals surface area contributed by atoms with Gasteiger partial charge in [0.15, 0.2) is 12.0 Å². The molecule has 1 aliphatic carbocycles. The average Bonchev–Trinajstić information content (AvgIpc) is 3.63. The quantitative estimate of drug-likeness (QED) is 0.218. The van der Waals surface area contributed by atoms with Crippen LogP contribution in [-0.4, -0.2) is 16.9 Å². The fraction of sp³-hybridized carbons (Fsp3) is 0.269. The predicted octanol–water partition coefficient (Wildman–Crippen LogP) is 6.19. The summed E-state index contributed by atoms with van der Waals surface area (Å²) in [7, 11) is 0. The summed E-state index contributed by atoms with van der Waals surface area (Å²) in [5, 5.41) is 21.5. The molecular weight excluding hydrogens is 502 g/mol. The summed E-state index contributed by atoms with van der Waals surface area (Å²) in [6.07, 6.45) is -1.91. The molecule has 0 bridgehead atoms. The lowest BCUT2D eigenvalue weighted by molar-refractivity contribution is -0.614. The summed E-state index contributed by atoms with van der Waals surface area (Å²) in [4.78, 5) is 24.2. The normalized spacial score (nSPS) is 14.5. The van der Waals surface area contributed by atoms with E-state index in [-0.39, 0.29) is 34.9 Å². The van der Waals surface area contributed by atoms with Crippen molar-refractivity contribution >= 4 is 23.4 Å². The van der Waals surface area contributed by atoms with Crippen molar-refractivity contribution < 1.29 is 37.0 Å². The number of carbonyl (C=O) groups excluding carboxylic acids is 1. The number of pyridine rings is 1. The maximum Gasteiger partial charge on any atom is 0.417 e. The number of aromatic carboxylic acids is 1. The molecule has 36 heavy (non-hydrogen) atoms. The van der Waals surface area contributed by atoms with Crippen LogP contribution < -0.4 is 4.73 Å². The van der Waals surface area contributed by atoms with E-state index in [9.17, 15) is 32.4 Å². The van der Waals surface area contributed by atoms with Gasteiger partial charge in [0.25, 0.3) is 0 Å². The van der Waals surface area contributed by atoms with E-state index in [1.54, 1.807) is 0 Å². The highest BCUT2D eigenvalue weighted by molar-refractivity contribution is 6.31. The molecule has 1 aromatic heterocycles. The second-order valence-corrected chi connectivity index (χ2v) is 9.23. The number of ketones is 1. The number of Topliss-reactive ketones (excluding diaryl/α,β-unsaturated/α-hetero) is 1. The fourth-order valence-electron chi connectivity index (χ4n) is 4.17. The van der Waals surface area contributed by atoms with Gasteiger partial charge in [0.05, 0.1) is 21.7 Å². The summed E-state index contributed by atoms with van der Waals surface area (Å²) in [5.74, 6) is -3.26. The van der Waals surface area contributed by atoms with E-state index in [0.29, 0.717) is 22.8 Å². The van der Waals surface area contributed by atoms with Crippen molar-refractivity contribution in [2.75, 3.05) is 0 Å². The first kappa shape index (κ1) is 25.6. The number of nitrogens with zero attached hydrogens (tertiary/aromatic N) is 1. The minimum absolute atomic E-state index is 0.0498. The van der Waals surface area contributed by atoms with Crippen molar-refractivity contribution in [3.05, 3.63) is 93.2 Å². The second kappa shape index (κ2) is 9.89. The third kappa shape index (κ3) is 5.51. The molecule has 0 radical (unpaired) electrons. The van der Waals surface area contributed by atoms with Gasteiger partial charge in [0, 0.05) is 18.1 Å². The lowest BCUT2D eigenvalue weighted by Crippen LogP contribution is -2.36. The summed E-state index contributed by atoms with van der Waals surface area (Å²) in [6.45, 7) is 0. The molecule has 1 aliphatic rings. The molecule has 0 aliphatic heterocycles. The molecule has 3 aromatic rings. The summed E-state index contributed by atoms with van der Waals surface area (Å²) >= 11 is 5.71. The van der Waals surface area contributed by atoms with Crippen LogP contribution in [0.1, 0.15) is 52.4 Å². The number of hydrogen-bond donors (Lipinski definition) is 1. The van der Waals surface area contributed by atoms with Crippen molar-refractivity contribution in [2.45, 2.75) is 37.8 Å². The Labute approximate surface area is 208 Å². The number of rotatable bonds is 8. The molecule has 1 atom stereocenters. The number of aromatic nitrogens is 1. The van der Waals surface area contributed by atoms with Crippen LogP contribution in [0, 0.1) is 16.9 Å². The lowest BCUT2D eigenvalue weighted by Gasteiger charge is -2.18. The van der Waals surface area contributed by atoms with Crippen molar-refractivity contribution in [3.8, 4) is 11.1 Å². The van der Waals surface area contributed by atoms with Crippen LogP contribution >= 0.6 is 11.6 Å². The summed E-state index contributed by atoms with van der Waals surface area (Å²) in [6, 6.07) is 9.68. The molecule has 1 heterocycles. The summed E-state index contributed by atoms with van der Waals surface area (Å²) in [5.41, 5.74) is -1.74. The monoisotopic (exact) mass is 521 g/mol. The Morgan fingerprint density at radius 1 is 1.08 bits per heavy atom. The lowest BCUT2D eigenvalue weighted by atomic mass is 9.89. The van der Waals surface area contributed by atoms with Gasteiger partial charge in [0.1, 0.15) is 11.7 Å². The molecule has 188 valence electrons. The highest BCUT2D eigenvalue weighted by Gasteiger charge is 2.38. The van der Waals surface area contributed by atoms with Gasteiger partial charge in [-0.15, -0.1) is 0 Å². The standard InChI is InChI=1S/C26H20ClF4NO4/c27-20-9-8-19(26(29,30)31)23(24(20)28)17-7-10-21(32(36)13-17)18(11-14-1-2-14)22(33)12-15-3-5-16(6-4-15)25(34)35/h3-10,13-14,18H,1-2,11-12H2,(H,34,35). The van der Waals surface area contributed by atoms with Crippen LogP contribution in [0.5, 0.6) is 0 Å². The molecule has 0 amide bonds. The van der Waals surface area contributed by atoms with Gasteiger partial charge in [0.2, 0.25) is 5.69 Å². The predicted molar refractivity (Wildman–Crippen MR) is 123 cm³/mol. The van der Waals surface area contributed by atoms with Crippen LogP contribution in [-0.2, 0) is 17.4 Å². The number of alkyl halides is 3. The van der Waals surface area contributed by atoms with Gasteiger partial charge in [-0.05, 0) is 48.2 Å². The first-order chi connectivity index (χ1) is 17.0. The zero-order valence-corrected chi connectivity index (χ0v) is 19.4. The first-order valence-corrected chi connectivity index (χ1v) is 11.5. The maximum absolute atomic E-state index is 14.7. The van der Waals surface area contributed by atoms with Crippen molar-refractivity contribution in [2.24, 2.45) is 5.92 Å². The number of hydrogen-bond acceptors (Lipinski definition) is 3. The fourth-order valence-corrected chi connectivity index (χ4v) is 4.33. The second-order valence-electron chi connectivity index (χ2n) is 8.83. The number of carboxylic acid groups (broad SMARTS) is 1. The first-order valence-electron chi connectivity index (χ1n) is 11.1. The Balaban J connectivity index is 1.67. The Morgan fingerprint density at radius 2 is 1.75 bits per heavy atom. The largest absolute Gasteiger partial charge is 0.618 e. The molecule has 1 unspecified atom stereocenters. The number of halogens is 5. The van der Waals surface area contributed by atoms with E-state index in [4.69, 9.17) is 16.7 Å². The van der Waals surface area contributed by atoms with Crippen LogP contribution in [0.15, 0.2) is 54.7 Å². The average molecular weight is 522 g/mol. The van der Waals surface area contributed by atoms with E-state index in [1.807, 2.05) is 0 Å². The van der Waals surface area contributed by atoms with Gasteiger partial charge in [-0.1, -0.05) is 36.6 Å². The Bertz CT molecular complexity index is 1320. The van der Waals surface area contributed by atoms with Gasteiger partial charge < -0.3 is 10.3 Å². The van der Waals surface area contributed by atoms with E-state index < -0.39 is 40.0 Å². The van der Waals surface area contributed by atoms with E-state index in [1.165, 1.54) is 36.4 Å². The zero-order valence-electron chi connectivity index (χ0n) is 18.7. The van der Waals surface area contributed by atoms with E-state index >= 15 is 0 Å². The van der Waals surface area contributed by atoms with Crippen LogP contribution in [0.25, 0.3) is 11.1 Å². The topological polar surface area (TPSA) is 81.3 Å². The number of carbonyl (C=O) groups is 2. The number of carboxylic acids is 1. The minimum Gasteiger partial charge on any atom is -0.618 e. The van der Waals surface area contributed by atoms with E-state index in [0.717, 1.165) is 25.1 Å². The minimum atomic E-state index is -4.88. The smallest absolute Gasteiger partial charge is 0.417 e. The van der Waals surface area contributed by atoms with Crippen LogP contribution in [0.4, 0.5) is 17.6 Å². The SMILES string of the molecule is O=C(O)c1ccc(CC(=O)C(CC2CC2)c2ccc(-c3c(C(F)(F)F)ccc(Cl)c3F)c[n+]2[O-])cc1. The number of benzene rings is 2. The summed E-state index contributed by atoms with van der Waals surface area (Å²) < 4.78 is 55.5. The van der Waals surface area contributed by atoms with Gasteiger partial charge in [-0.25, -0.2) is 9.18 Å². The maximum atomic E-state index is 14.7. The molecule has 0 spiro atoms. The molecule has 1 fully saturated rings. The van der Waals surface area contributed by atoms with Crippen molar-refractivity contribution in [3.63, 3.8) is 0 Å². The molecule has 1 N–H and O–H groups in total. The molecular formula is C26H20ClF4NO4. The third-order valence-corrected chi connectivity index (χ3v) is 6.52. The highest BCUT2D eigenvalue weighted by Crippen LogP contribution is 2.41. The molecule has 0 saturated heterocycles. The van der Waals surface area contributed by atoms with Gasteiger partial charge >= 0.3 is 12.1 Å². The van der Waals surface area contributed by atoms with Crippen molar-refractivity contribution in [1.29, 1.82) is 0 Å². The van der Waals surface area contributed by atoms with E-state index in [2.05, 4.69) is 0 Å². The van der Waals surface area contributed by atoms with Crippen molar-refractivity contribution in [1.82, 2.24) is 0 Å². The highest BCUT2D eigenvalue weighted by atomic mass is 35.5. The van der Waals surface area contributed by atoms with Gasteiger partial charge in [-0.3, -0.25) is 4.79 Å². The third-order valence-electron chi connectivity index (χ3n) is 6.22.